The molecule has 0 aliphatic carbocycles. The van der Waals surface area contributed by atoms with Crippen molar-refractivity contribution < 1.29 is 18.3 Å². The van der Waals surface area contributed by atoms with Gasteiger partial charge in [-0.1, -0.05) is 29.3 Å². The van der Waals surface area contributed by atoms with Gasteiger partial charge in [-0.2, -0.15) is 0 Å². The molecule has 0 bridgehead atoms. The molecule has 0 saturated carbocycles. The largest absolute Gasteiger partial charge is 0.506 e. The molecule has 0 aromatic heterocycles. The summed E-state index contributed by atoms with van der Waals surface area (Å²) in [6.07, 6.45) is 0. The van der Waals surface area contributed by atoms with Gasteiger partial charge in [0.1, 0.15) is 5.75 Å². The maximum absolute atomic E-state index is 12.7. The lowest BCUT2D eigenvalue weighted by Crippen LogP contribution is -2.34. The van der Waals surface area contributed by atoms with E-state index in [4.69, 9.17) is 23.8 Å². The molecule has 4 N–H and O–H groups in total. The number of phenolic OH excluding ortho intramolecular Hbond substituents is 1. The van der Waals surface area contributed by atoms with Crippen molar-refractivity contribution in [3.63, 3.8) is 0 Å². The van der Waals surface area contributed by atoms with E-state index in [-0.39, 0.29) is 21.4 Å². The third-order valence-electron chi connectivity index (χ3n) is 4.16. The Bertz CT molecular complexity index is 1230. The predicted octanol–water partition coefficient (Wildman–Crippen LogP) is 4.28. The Kier molecular flexibility index (Phi) is 6.79. The van der Waals surface area contributed by atoms with E-state index >= 15 is 0 Å². The Morgan fingerprint density at radius 1 is 1.00 bits per heavy atom. The number of aryl methyl sites for hydroxylation is 1. The van der Waals surface area contributed by atoms with Crippen LogP contribution in [0.3, 0.4) is 0 Å². The van der Waals surface area contributed by atoms with E-state index in [1.165, 1.54) is 30.3 Å². The minimum Gasteiger partial charge on any atom is -0.506 e. The van der Waals surface area contributed by atoms with Crippen LogP contribution in [0.1, 0.15) is 15.9 Å². The van der Waals surface area contributed by atoms with E-state index in [1.54, 1.807) is 36.4 Å². The molecule has 0 radical (unpaired) electrons. The zero-order valence-corrected chi connectivity index (χ0v) is 18.6. The fraction of sp³-hybridized carbons (Fsp3) is 0.0476. The van der Waals surface area contributed by atoms with Crippen molar-refractivity contribution >= 4 is 56.2 Å². The molecule has 0 saturated heterocycles. The first-order valence-electron chi connectivity index (χ1n) is 8.94. The maximum atomic E-state index is 12.7. The molecular weight excluding hydrogens is 458 g/mol. The number of rotatable bonds is 5. The van der Waals surface area contributed by atoms with E-state index in [0.717, 1.165) is 5.56 Å². The Hall–Kier alpha value is -3.14. The summed E-state index contributed by atoms with van der Waals surface area (Å²) in [5, 5.41) is 15.6. The van der Waals surface area contributed by atoms with Crippen LogP contribution in [0.15, 0.2) is 71.6 Å². The summed E-state index contributed by atoms with van der Waals surface area (Å²) < 4.78 is 27.8. The first-order chi connectivity index (χ1) is 14.6. The monoisotopic (exact) mass is 475 g/mol. The van der Waals surface area contributed by atoms with Crippen molar-refractivity contribution in [2.45, 2.75) is 11.8 Å². The Morgan fingerprint density at radius 3 is 2.29 bits per heavy atom. The predicted molar refractivity (Wildman–Crippen MR) is 125 cm³/mol. The second-order valence-corrected chi connectivity index (χ2v) is 9.09. The lowest BCUT2D eigenvalue weighted by molar-refractivity contribution is 0.0977. The molecule has 10 heteroatoms. The first-order valence-corrected chi connectivity index (χ1v) is 11.2. The van der Waals surface area contributed by atoms with Crippen molar-refractivity contribution in [1.82, 2.24) is 5.32 Å². The molecule has 3 aromatic rings. The molecular formula is C21H18ClN3O4S2. The average molecular weight is 476 g/mol. The lowest BCUT2D eigenvalue weighted by atomic mass is 10.1. The van der Waals surface area contributed by atoms with Gasteiger partial charge in [0, 0.05) is 16.3 Å². The fourth-order valence-corrected chi connectivity index (χ4v) is 3.96. The van der Waals surface area contributed by atoms with Gasteiger partial charge in [0.15, 0.2) is 5.11 Å². The molecule has 0 unspecified atom stereocenters. The molecule has 0 aliphatic rings. The number of hydrogen-bond donors (Lipinski definition) is 4. The number of thiocarbonyl (C=S) groups is 1. The zero-order valence-electron chi connectivity index (χ0n) is 16.2. The summed E-state index contributed by atoms with van der Waals surface area (Å²) >= 11 is 10.9. The lowest BCUT2D eigenvalue weighted by Gasteiger charge is -2.13. The van der Waals surface area contributed by atoms with Gasteiger partial charge in [-0.3, -0.25) is 14.8 Å². The molecule has 7 nitrogen and oxygen atoms in total. The van der Waals surface area contributed by atoms with Crippen LogP contribution in [0.2, 0.25) is 5.02 Å². The molecule has 3 rings (SSSR count). The smallest absolute Gasteiger partial charge is 0.261 e. The van der Waals surface area contributed by atoms with Gasteiger partial charge in [-0.05, 0) is 73.7 Å². The van der Waals surface area contributed by atoms with Gasteiger partial charge in [0.25, 0.3) is 15.9 Å². The van der Waals surface area contributed by atoms with Crippen molar-refractivity contribution in [1.29, 1.82) is 0 Å². The van der Waals surface area contributed by atoms with Gasteiger partial charge >= 0.3 is 0 Å². The van der Waals surface area contributed by atoms with E-state index in [0.29, 0.717) is 16.3 Å². The molecule has 0 spiro atoms. The van der Waals surface area contributed by atoms with Crippen molar-refractivity contribution in [3.05, 3.63) is 82.9 Å². The first kappa shape index (κ1) is 22.5. The summed E-state index contributed by atoms with van der Waals surface area (Å²) in [4.78, 5) is 12.2. The van der Waals surface area contributed by atoms with Gasteiger partial charge < -0.3 is 10.4 Å². The summed E-state index contributed by atoms with van der Waals surface area (Å²) in [7, 11) is -3.95. The van der Waals surface area contributed by atoms with Crippen molar-refractivity contribution in [3.8, 4) is 5.75 Å². The number of hydrogen-bond acceptors (Lipinski definition) is 5. The molecule has 0 heterocycles. The van der Waals surface area contributed by atoms with Crippen molar-refractivity contribution in [2.75, 3.05) is 10.0 Å². The average Bonchev–Trinajstić information content (AvgIpc) is 2.71. The highest BCUT2D eigenvalue weighted by Gasteiger charge is 2.17. The standard InChI is InChI=1S/C21H18ClN3O4S2/c1-13-2-4-14(5-3-13)20(27)24-21(30)23-18-12-17(10-11-19(18)26)31(28,29)25-16-8-6-15(22)7-9-16/h2-12,25-26H,1H3,(H2,23,24,27,30). The molecule has 3 aromatic carbocycles. The van der Waals surface area contributed by atoms with Crippen LogP contribution in [0.25, 0.3) is 0 Å². The SMILES string of the molecule is Cc1ccc(C(=O)NC(=S)Nc2cc(S(=O)(=O)Nc3ccc(Cl)cc3)ccc2O)cc1. The van der Waals surface area contributed by atoms with Gasteiger partial charge in [0.2, 0.25) is 0 Å². The summed E-state index contributed by atoms with van der Waals surface area (Å²) in [5.41, 5.74) is 1.76. The minimum absolute atomic E-state index is 0.0215. The number of anilines is 2. The highest BCUT2D eigenvalue weighted by atomic mass is 35.5. The van der Waals surface area contributed by atoms with Crippen LogP contribution in [0.4, 0.5) is 11.4 Å². The van der Waals surface area contributed by atoms with Crippen LogP contribution in [0, 0.1) is 6.92 Å². The Morgan fingerprint density at radius 2 is 1.65 bits per heavy atom. The summed E-state index contributed by atoms with van der Waals surface area (Å²) in [5.74, 6) is -0.678. The van der Waals surface area contributed by atoms with Gasteiger partial charge in [-0.15, -0.1) is 0 Å². The van der Waals surface area contributed by atoms with Crippen LogP contribution < -0.4 is 15.4 Å². The van der Waals surface area contributed by atoms with Crippen LogP contribution in [-0.4, -0.2) is 24.5 Å². The quantitative estimate of drug-likeness (QED) is 0.324. The highest BCUT2D eigenvalue weighted by Crippen LogP contribution is 2.27. The zero-order chi connectivity index (χ0) is 22.6. The van der Waals surface area contributed by atoms with E-state index in [1.807, 2.05) is 6.92 Å². The summed E-state index contributed by atoms with van der Waals surface area (Å²) in [6.45, 7) is 1.90. The minimum atomic E-state index is -3.95. The van der Waals surface area contributed by atoms with E-state index < -0.39 is 15.9 Å². The molecule has 0 atom stereocenters. The van der Waals surface area contributed by atoms with Crippen LogP contribution in [0.5, 0.6) is 5.75 Å². The highest BCUT2D eigenvalue weighted by molar-refractivity contribution is 7.92. The number of sulfonamides is 1. The molecule has 0 aliphatic heterocycles. The fourth-order valence-electron chi connectivity index (χ4n) is 2.55. The normalized spacial score (nSPS) is 10.9. The Labute approximate surface area is 190 Å². The number of amides is 1. The third kappa shape index (κ3) is 5.94. The molecule has 31 heavy (non-hydrogen) atoms. The second-order valence-electron chi connectivity index (χ2n) is 6.57. The van der Waals surface area contributed by atoms with Gasteiger partial charge in [-0.25, -0.2) is 8.42 Å². The molecule has 1 amide bonds. The number of benzene rings is 3. The van der Waals surface area contributed by atoms with Crippen molar-refractivity contribution in [2.24, 2.45) is 0 Å². The second kappa shape index (κ2) is 9.34. The third-order valence-corrected chi connectivity index (χ3v) is 6.00. The number of nitrogens with one attached hydrogen (secondary N) is 3. The van der Waals surface area contributed by atoms with Gasteiger partial charge in [0.05, 0.1) is 10.6 Å². The number of carbonyl (C=O) groups excluding carboxylic acids is 1. The van der Waals surface area contributed by atoms with Crippen LogP contribution >= 0.6 is 23.8 Å². The van der Waals surface area contributed by atoms with E-state index in [2.05, 4.69) is 15.4 Å². The number of phenols is 1. The number of halogens is 1. The summed E-state index contributed by atoms with van der Waals surface area (Å²) in [6, 6.07) is 16.7. The number of aromatic hydroxyl groups is 1. The molecule has 0 fully saturated rings. The Balaban J connectivity index is 1.74. The van der Waals surface area contributed by atoms with E-state index in [9.17, 15) is 18.3 Å². The molecule has 160 valence electrons. The topological polar surface area (TPSA) is 108 Å². The maximum Gasteiger partial charge on any atom is 0.261 e. The van der Waals surface area contributed by atoms with Crippen LogP contribution in [-0.2, 0) is 10.0 Å². The number of carbonyl (C=O) groups is 1.